The van der Waals surface area contributed by atoms with E-state index in [1.54, 1.807) is 6.92 Å². The van der Waals surface area contributed by atoms with Crippen molar-refractivity contribution in [3.05, 3.63) is 12.3 Å². The largest absolute Gasteiger partial charge is 0.432 e. The van der Waals surface area contributed by atoms with Crippen LogP contribution in [0.1, 0.15) is 55.4 Å². The van der Waals surface area contributed by atoms with Crippen LogP contribution in [-0.4, -0.2) is 140 Å². The third-order valence-corrected chi connectivity index (χ3v) is 1.18. The van der Waals surface area contributed by atoms with E-state index in [2.05, 4.69) is 25.5 Å². The molecule has 0 aliphatic rings. The fourth-order valence-electron chi connectivity index (χ4n) is 0.853. The predicted molar refractivity (Wildman–Crippen MR) is 159 cm³/mol. The van der Waals surface area contributed by atoms with Gasteiger partial charge in [-0.3, -0.25) is 33.6 Å². The van der Waals surface area contributed by atoms with Gasteiger partial charge in [-0.15, -0.1) is 0 Å². The molecular formula is C25H58Ar8O19. The molecule has 0 radical (unpaired) electrons. The maximum atomic E-state index is 9.97. The van der Waals surface area contributed by atoms with E-state index in [0.717, 1.165) is 56.9 Å². The Morgan fingerprint density at radius 3 is 0.346 bits per heavy atom. The number of carbonyl (C=O) groups excluding carboxylic acids is 7. The zero-order valence-electron chi connectivity index (χ0n) is 31.6. The van der Waals surface area contributed by atoms with Crippen LogP contribution < -0.4 is 0 Å². The number of aliphatic hydroxyl groups excluding tert-OH is 8. The zero-order chi connectivity index (χ0) is 39.4. The molecule has 0 heterocycles. The van der Waals surface area contributed by atoms with Gasteiger partial charge in [-0.2, -0.15) is 0 Å². The molecule has 0 aromatic rings. The van der Waals surface area contributed by atoms with Crippen molar-refractivity contribution >= 4 is 41.8 Å². The molecule has 0 aromatic heterocycles. The van der Waals surface area contributed by atoms with E-state index >= 15 is 0 Å². The van der Waals surface area contributed by atoms with Crippen molar-refractivity contribution in [2.45, 2.75) is 55.4 Å². The van der Waals surface area contributed by atoms with E-state index in [1.807, 2.05) is 0 Å². The first-order valence-corrected chi connectivity index (χ1v) is 11.0. The summed E-state index contributed by atoms with van der Waals surface area (Å²) in [5, 5.41) is 56.0. The van der Waals surface area contributed by atoms with Gasteiger partial charge in [0, 0.05) is 407 Å². The van der Waals surface area contributed by atoms with Gasteiger partial charge in [-0.1, -0.05) is 6.58 Å². The molecule has 0 atom stereocenters. The number of esters is 7. The average molecular weight is 982 g/mol. The average Bonchev–Trinajstić information content (AvgIpc) is 2.95. The number of hydrogen-bond acceptors (Lipinski definition) is 19. The molecule has 0 bridgehead atoms. The SMILES string of the molecule is C=C(C)OC(C)=O.CC(=O)OC(C)=O.CC(=O)OC(C)=O.CC(=O)OC(C)=O.CO.CO.CO.CO.CO.CO.CO.CO.[Ar].[Ar].[Ar].[Ar].[Ar].[Ar].[Ar].[Ar]. The summed E-state index contributed by atoms with van der Waals surface area (Å²) in [7, 11) is 8.00. The molecule has 0 aliphatic carbocycles. The molecule has 0 aromatic carbocycles. The summed E-state index contributed by atoms with van der Waals surface area (Å²) in [6.45, 7) is 13.4. The standard InChI is InChI=1S/C5H8O2.3C4H6O3.8CH4O.8Ar/c1-4(2)7-5(3)6;3*1-3(5)7-4(2)6;8*1-2;;;;;;;;/h1H2,2-3H3;3*1-2H3;8*2H,1H3;;;;;;;;. The molecule has 0 spiro atoms. The molecule has 0 saturated heterocycles. The number of allylic oxidation sites excluding steroid dienone is 1. The second kappa shape index (κ2) is 154. The van der Waals surface area contributed by atoms with E-state index < -0.39 is 35.8 Å². The number of carbonyl (C=O) groups is 7. The van der Waals surface area contributed by atoms with Crippen LogP contribution in [0.25, 0.3) is 0 Å². The van der Waals surface area contributed by atoms with Crippen molar-refractivity contribution in [1.29, 1.82) is 0 Å². The van der Waals surface area contributed by atoms with Crippen molar-refractivity contribution in [3.8, 4) is 0 Å². The fraction of sp³-hybridized carbons (Fsp3) is 0.640. The summed E-state index contributed by atoms with van der Waals surface area (Å²) in [6.07, 6.45) is 0. The van der Waals surface area contributed by atoms with Crippen molar-refractivity contribution in [3.63, 3.8) is 0 Å². The molecular weight excluding hydrogens is 924 g/mol. The van der Waals surface area contributed by atoms with Crippen LogP contribution in [0.2, 0.25) is 0 Å². The Hall–Kier alpha value is 6.39. The van der Waals surface area contributed by atoms with Gasteiger partial charge in [-0.05, 0) is 6.92 Å². The van der Waals surface area contributed by atoms with Gasteiger partial charge in [0.15, 0.2) is 0 Å². The van der Waals surface area contributed by atoms with Crippen molar-refractivity contribution in [2.75, 3.05) is 56.9 Å². The minimum Gasteiger partial charge on any atom is -0.432 e. The smallest absolute Gasteiger partial charge is 0.310 e. The topological polar surface area (TPSA) is 318 Å². The van der Waals surface area contributed by atoms with Crippen LogP contribution in [0.3, 0.4) is 0 Å². The molecule has 0 saturated carbocycles. The van der Waals surface area contributed by atoms with E-state index in [0.29, 0.717) is 5.76 Å². The summed E-state index contributed by atoms with van der Waals surface area (Å²) in [4.78, 5) is 68.8. The van der Waals surface area contributed by atoms with Crippen LogP contribution in [0.5, 0.6) is 0 Å². The van der Waals surface area contributed by atoms with Gasteiger partial charge >= 0.3 is 41.8 Å². The van der Waals surface area contributed by atoms with Gasteiger partial charge in [0.25, 0.3) is 0 Å². The van der Waals surface area contributed by atoms with Crippen molar-refractivity contribution in [1.82, 2.24) is 0 Å². The second-order valence-corrected chi connectivity index (χ2v) is 4.55. The summed E-state index contributed by atoms with van der Waals surface area (Å²) in [5.74, 6) is -3.25. The van der Waals surface area contributed by atoms with Crippen LogP contribution in [0.15, 0.2) is 12.3 Å². The monoisotopic (exact) mass is 982 g/mol. The number of aliphatic hydroxyl groups is 8. The molecule has 19 nitrogen and oxygen atoms in total. The van der Waals surface area contributed by atoms with Gasteiger partial charge < -0.3 is 59.8 Å². The third-order valence-electron chi connectivity index (χ3n) is 1.18. The number of ether oxygens (including phenoxy) is 4. The van der Waals surface area contributed by atoms with Crippen LogP contribution in [0.4, 0.5) is 0 Å². The van der Waals surface area contributed by atoms with Crippen molar-refractivity contribution < 1.29 is 395 Å². The zero-order valence-corrected chi connectivity index (χ0v) is 37.3. The minimum absolute atomic E-state index is 0. The third kappa shape index (κ3) is 345. The summed E-state index contributed by atoms with van der Waals surface area (Å²) < 4.78 is 16.3. The minimum atomic E-state index is -0.562. The summed E-state index contributed by atoms with van der Waals surface area (Å²) in [5.41, 5.74) is 0. The van der Waals surface area contributed by atoms with E-state index in [4.69, 9.17) is 40.9 Å². The Morgan fingerprint density at radius 1 is 0.269 bits per heavy atom. The van der Waals surface area contributed by atoms with Crippen LogP contribution in [0, 0.1) is 302 Å². The van der Waals surface area contributed by atoms with Gasteiger partial charge in [0.05, 0.1) is 5.76 Å². The maximum Gasteiger partial charge on any atom is 0.310 e. The molecule has 52 heavy (non-hydrogen) atoms. The van der Waals surface area contributed by atoms with Crippen LogP contribution >= 0.6 is 0 Å². The van der Waals surface area contributed by atoms with Crippen molar-refractivity contribution in [2.24, 2.45) is 0 Å². The molecule has 0 amide bonds. The Kier molecular flexibility index (Phi) is 387. The van der Waals surface area contributed by atoms with Crippen LogP contribution in [-0.2, 0) is 52.5 Å². The normalized spacial score (nSPS) is 5.08. The Morgan fingerprint density at radius 2 is 0.346 bits per heavy atom. The molecule has 0 rings (SSSR count). The Balaban J connectivity index is -0.0000000123. The Labute approximate surface area is 549 Å². The molecule has 27 heteroatoms. The summed E-state index contributed by atoms with van der Waals surface area (Å²) in [6, 6.07) is 0. The second-order valence-electron chi connectivity index (χ2n) is 4.55. The number of rotatable bonds is 1. The molecule has 8 N–H and O–H groups in total. The molecule has 0 aliphatic heterocycles. The predicted octanol–water partition coefficient (Wildman–Crippen LogP) is -1.76. The molecule has 336 valence electrons. The first kappa shape index (κ1) is 130. The fourth-order valence-corrected chi connectivity index (χ4v) is 0.853. The van der Waals surface area contributed by atoms with Gasteiger partial charge in [-0.25, -0.2) is 0 Å². The van der Waals surface area contributed by atoms with E-state index in [9.17, 15) is 33.6 Å². The van der Waals surface area contributed by atoms with Gasteiger partial charge in [0.2, 0.25) is 0 Å². The van der Waals surface area contributed by atoms with Gasteiger partial charge in [0.1, 0.15) is 0 Å². The molecule has 0 fully saturated rings. The Bertz CT molecular complexity index is 484. The summed E-state index contributed by atoms with van der Waals surface area (Å²) >= 11 is 0. The maximum absolute atomic E-state index is 9.97. The quantitative estimate of drug-likeness (QED) is 0.0625. The first-order valence-electron chi connectivity index (χ1n) is 11.0. The number of hydrogen-bond donors (Lipinski definition) is 8. The molecule has 0 unspecified atom stereocenters. The van der Waals surface area contributed by atoms with E-state index in [1.165, 1.54) is 48.5 Å². The first-order chi connectivity index (χ1) is 20.5. The van der Waals surface area contributed by atoms with E-state index in [-0.39, 0.29) is 308 Å².